The minimum atomic E-state index is -0.417. The SMILES string of the molecule is CNC(=O)c1sc2nccnc2c1C1CCN(C(=O)c2cccc(F)c2)CC1. The molecule has 0 saturated carbocycles. The number of halogens is 1. The molecule has 1 N–H and O–H groups in total. The number of piperidine rings is 1. The topological polar surface area (TPSA) is 75.2 Å². The summed E-state index contributed by atoms with van der Waals surface area (Å²) in [6.07, 6.45) is 4.69. The van der Waals surface area contributed by atoms with E-state index >= 15 is 0 Å². The maximum atomic E-state index is 13.4. The predicted octanol–water partition coefficient (Wildman–Crippen LogP) is 3.21. The predicted molar refractivity (Wildman–Crippen MR) is 105 cm³/mol. The molecule has 8 heteroatoms. The highest BCUT2D eigenvalue weighted by Crippen LogP contribution is 2.39. The van der Waals surface area contributed by atoms with Gasteiger partial charge in [0.05, 0.1) is 4.88 Å². The normalized spacial score (nSPS) is 15.0. The Labute approximate surface area is 165 Å². The number of carbonyl (C=O) groups excluding carboxylic acids is 2. The molecule has 0 unspecified atom stereocenters. The zero-order valence-corrected chi connectivity index (χ0v) is 16.1. The third-order valence-corrected chi connectivity index (χ3v) is 6.16. The summed E-state index contributed by atoms with van der Waals surface area (Å²) >= 11 is 1.35. The van der Waals surface area contributed by atoms with Gasteiger partial charge in [0.2, 0.25) is 0 Å². The summed E-state index contributed by atoms with van der Waals surface area (Å²) in [7, 11) is 1.61. The molecule has 0 aliphatic carbocycles. The molecule has 0 spiro atoms. The number of nitrogens with one attached hydrogen (secondary N) is 1. The van der Waals surface area contributed by atoms with Gasteiger partial charge >= 0.3 is 0 Å². The van der Waals surface area contributed by atoms with E-state index in [0.717, 1.165) is 15.9 Å². The quantitative estimate of drug-likeness (QED) is 0.735. The fourth-order valence-corrected chi connectivity index (χ4v) is 4.81. The summed E-state index contributed by atoms with van der Waals surface area (Å²) in [6.45, 7) is 1.09. The van der Waals surface area contributed by atoms with E-state index in [4.69, 9.17) is 0 Å². The number of aromatic nitrogens is 2. The zero-order chi connectivity index (χ0) is 19.7. The fourth-order valence-electron chi connectivity index (χ4n) is 3.68. The highest BCUT2D eigenvalue weighted by Gasteiger charge is 2.30. The molecule has 2 aromatic heterocycles. The van der Waals surface area contributed by atoms with Crippen molar-refractivity contribution in [1.29, 1.82) is 0 Å². The Bertz CT molecular complexity index is 1040. The first-order chi connectivity index (χ1) is 13.6. The van der Waals surface area contributed by atoms with Crippen LogP contribution in [0.5, 0.6) is 0 Å². The van der Waals surface area contributed by atoms with Gasteiger partial charge in [-0.25, -0.2) is 9.37 Å². The fraction of sp³-hybridized carbons (Fsp3) is 0.300. The Hall–Kier alpha value is -2.87. The van der Waals surface area contributed by atoms with Gasteiger partial charge in [-0.1, -0.05) is 6.07 Å². The molecule has 1 fully saturated rings. The molecule has 1 saturated heterocycles. The van der Waals surface area contributed by atoms with Gasteiger partial charge in [-0.3, -0.25) is 14.6 Å². The number of rotatable bonds is 3. The third-order valence-electron chi connectivity index (χ3n) is 5.06. The number of carbonyl (C=O) groups is 2. The third kappa shape index (κ3) is 3.35. The Morgan fingerprint density at radius 3 is 2.68 bits per heavy atom. The molecule has 1 aliphatic rings. The first kappa shape index (κ1) is 18.5. The number of benzene rings is 1. The van der Waals surface area contributed by atoms with Crippen LogP contribution in [0.3, 0.4) is 0 Å². The van der Waals surface area contributed by atoms with Gasteiger partial charge in [0.1, 0.15) is 16.2 Å². The number of hydrogen-bond acceptors (Lipinski definition) is 5. The number of likely N-dealkylation sites (tertiary alicyclic amines) is 1. The minimum Gasteiger partial charge on any atom is -0.354 e. The monoisotopic (exact) mass is 398 g/mol. The van der Waals surface area contributed by atoms with Gasteiger partial charge < -0.3 is 10.2 Å². The van der Waals surface area contributed by atoms with E-state index in [1.54, 1.807) is 36.5 Å². The molecule has 3 heterocycles. The van der Waals surface area contributed by atoms with Crippen LogP contribution in [-0.2, 0) is 0 Å². The summed E-state index contributed by atoms with van der Waals surface area (Å²) in [5.41, 5.74) is 2.04. The van der Waals surface area contributed by atoms with E-state index in [1.807, 2.05) is 0 Å². The van der Waals surface area contributed by atoms with Gasteiger partial charge in [-0.2, -0.15) is 0 Å². The largest absolute Gasteiger partial charge is 0.354 e. The maximum absolute atomic E-state index is 13.4. The number of fused-ring (bicyclic) bond motifs is 1. The number of nitrogens with zero attached hydrogens (tertiary/aromatic N) is 3. The zero-order valence-electron chi connectivity index (χ0n) is 15.3. The lowest BCUT2D eigenvalue weighted by Crippen LogP contribution is -2.38. The molecular formula is C20H19FN4O2S. The molecule has 0 bridgehead atoms. The molecule has 0 atom stereocenters. The molecule has 2 amide bonds. The van der Waals surface area contributed by atoms with Crippen molar-refractivity contribution in [3.8, 4) is 0 Å². The van der Waals surface area contributed by atoms with Crippen molar-refractivity contribution in [2.24, 2.45) is 0 Å². The first-order valence-corrected chi connectivity index (χ1v) is 9.90. The lowest BCUT2D eigenvalue weighted by Gasteiger charge is -2.32. The summed E-state index contributed by atoms with van der Waals surface area (Å²) in [5, 5.41) is 2.69. The van der Waals surface area contributed by atoms with Crippen LogP contribution in [0.2, 0.25) is 0 Å². The summed E-state index contributed by atoms with van der Waals surface area (Å²) in [4.78, 5) is 36.9. The Morgan fingerprint density at radius 1 is 1.21 bits per heavy atom. The molecule has 3 aromatic rings. The average molecular weight is 398 g/mol. The van der Waals surface area contributed by atoms with Gasteiger partial charge in [0.15, 0.2) is 0 Å². The second-order valence-electron chi connectivity index (χ2n) is 6.71. The summed E-state index contributed by atoms with van der Waals surface area (Å²) < 4.78 is 13.4. The lowest BCUT2D eigenvalue weighted by atomic mass is 9.88. The number of hydrogen-bond donors (Lipinski definition) is 1. The van der Waals surface area contributed by atoms with Crippen molar-refractivity contribution < 1.29 is 14.0 Å². The van der Waals surface area contributed by atoms with Crippen LogP contribution in [0.4, 0.5) is 4.39 Å². The molecule has 1 aliphatic heterocycles. The minimum absolute atomic E-state index is 0.120. The van der Waals surface area contributed by atoms with Crippen molar-refractivity contribution in [1.82, 2.24) is 20.2 Å². The van der Waals surface area contributed by atoms with Crippen molar-refractivity contribution in [2.45, 2.75) is 18.8 Å². The molecule has 0 radical (unpaired) electrons. The van der Waals surface area contributed by atoms with Gasteiger partial charge in [0, 0.05) is 43.7 Å². The van der Waals surface area contributed by atoms with Crippen LogP contribution in [0.25, 0.3) is 10.3 Å². The van der Waals surface area contributed by atoms with E-state index in [9.17, 15) is 14.0 Å². The highest BCUT2D eigenvalue weighted by molar-refractivity contribution is 7.20. The molecule has 1 aromatic carbocycles. The van der Waals surface area contributed by atoms with Crippen LogP contribution in [0.15, 0.2) is 36.7 Å². The molecule has 28 heavy (non-hydrogen) atoms. The van der Waals surface area contributed by atoms with Gasteiger partial charge in [0.25, 0.3) is 11.8 Å². The molecule has 4 rings (SSSR count). The Morgan fingerprint density at radius 2 is 1.96 bits per heavy atom. The van der Waals surface area contributed by atoms with Crippen LogP contribution in [0, 0.1) is 5.82 Å². The molecular weight excluding hydrogens is 379 g/mol. The highest BCUT2D eigenvalue weighted by atomic mass is 32.1. The molecule has 144 valence electrons. The number of thiophene rings is 1. The second-order valence-corrected chi connectivity index (χ2v) is 7.71. The Balaban J connectivity index is 1.57. The van der Waals surface area contributed by atoms with Crippen molar-refractivity contribution in [3.05, 3.63) is 58.5 Å². The van der Waals surface area contributed by atoms with E-state index in [-0.39, 0.29) is 17.7 Å². The smallest absolute Gasteiger partial charge is 0.261 e. The van der Waals surface area contributed by atoms with Crippen molar-refractivity contribution in [3.63, 3.8) is 0 Å². The van der Waals surface area contributed by atoms with Gasteiger partial charge in [-0.15, -0.1) is 11.3 Å². The van der Waals surface area contributed by atoms with Gasteiger partial charge in [-0.05, 0) is 37.0 Å². The van der Waals surface area contributed by atoms with Crippen LogP contribution >= 0.6 is 11.3 Å². The Kier molecular flexibility index (Phi) is 5.04. The number of amides is 2. The average Bonchev–Trinajstić information content (AvgIpc) is 3.12. The first-order valence-electron chi connectivity index (χ1n) is 9.09. The van der Waals surface area contributed by atoms with Crippen LogP contribution in [0.1, 0.15) is 44.4 Å². The van der Waals surface area contributed by atoms with Crippen molar-refractivity contribution >= 4 is 33.5 Å². The van der Waals surface area contributed by atoms with E-state index in [0.29, 0.717) is 36.4 Å². The summed E-state index contributed by atoms with van der Waals surface area (Å²) in [6, 6.07) is 5.76. The van der Waals surface area contributed by atoms with Crippen LogP contribution < -0.4 is 5.32 Å². The van der Waals surface area contributed by atoms with E-state index in [2.05, 4.69) is 15.3 Å². The van der Waals surface area contributed by atoms with E-state index < -0.39 is 5.82 Å². The summed E-state index contributed by atoms with van der Waals surface area (Å²) in [5.74, 6) is -0.605. The van der Waals surface area contributed by atoms with Crippen LogP contribution in [-0.4, -0.2) is 46.8 Å². The standard InChI is InChI=1S/C20H19FN4O2S/c1-22-18(26)17-15(16-19(28-17)24-8-7-23-16)12-5-9-25(10-6-12)20(27)13-3-2-4-14(21)11-13/h2-4,7-8,11-12H,5-6,9-10H2,1H3,(H,22,26). The lowest BCUT2D eigenvalue weighted by molar-refractivity contribution is 0.0711. The van der Waals surface area contributed by atoms with Crippen molar-refractivity contribution in [2.75, 3.05) is 20.1 Å². The molecule has 6 nitrogen and oxygen atoms in total. The second kappa shape index (κ2) is 7.63. The van der Waals surface area contributed by atoms with E-state index in [1.165, 1.54) is 23.5 Å². The maximum Gasteiger partial charge on any atom is 0.261 e.